The first-order chi connectivity index (χ1) is 13.3. The Labute approximate surface area is 157 Å². The van der Waals surface area contributed by atoms with Crippen molar-refractivity contribution in [3.05, 3.63) is 90.3 Å². The standard InChI is InChI=1S/C22H18N4O/c1-26-20-10-6-5-9-18(20)19(21(26)16-7-3-2-4-8-16)15-24-25-22(27)17-11-13-23-14-12-17/h2-15H,1H3,(H,25,27)/b24-15+. The van der Waals surface area contributed by atoms with Crippen LogP contribution in [0.1, 0.15) is 15.9 Å². The number of hydrazone groups is 1. The molecule has 5 heteroatoms. The maximum absolute atomic E-state index is 12.2. The topological polar surface area (TPSA) is 59.3 Å². The average Bonchev–Trinajstić information content (AvgIpc) is 3.01. The van der Waals surface area contributed by atoms with Gasteiger partial charge in [-0.1, -0.05) is 48.5 Å². The molecule has 0 unspecified atom stereocenters. The zero-order valence-corrected chi connectivity index (χ0v) is 14.8. The van der Waals surface area contributed by atoms with Crippen LogP contribution in [0.15, 0.2) is 84.2 Å². The predicted octanol–water partition coefficient (Wildman–Crippen LogP) is 4.00. The van der Waals surface area contributed by atoms with Crippen molar-refractivity contribution >= 4 is 23.0 Å². The molecule has 0 aliphatic heterocycles. The number of aryl methyl sites for hydroxylation is 1. The highest BCUT2D eigenvalue weighted by molar-refractivity contribution is 6.06. The molecule has 0 atom stereocenters. The fraction of sp³-hybridized carbons (Fsp3) is 0.0455. The lowest BCUT2D eigenvalue weighted by atomic mass is 10.1. The highest BCUT2D eigenvalue weighted by Crippen LogP contribution is 2.31. The molecule has 0 fully saturated rings. The van der Waals surface area contributed by atoms with Crippen molar-refractivity contribution in [3.8, 4) is 11.3 Å². The van der Waals surface area contributed by atoms with Gasteiger partial charge in [0.1, 0.15) is 0 Å². The molecule has 0 saturated carbocycles. The number of hydrogen-bond acceptors (Lipinski definition) is 3. The fourth-order valence-electron chi connectivity index (χ4n) is 3.22. The summed E-state index contributed by atoms with van der Waals surface area (Å²) in [7, 11) is 2.04. The summed E-state index contributed by atoms with van der Waals surface area (Å²) in [6.07, 6.45) is 4.87. The Morgan fingerprint density at radius 1 is 1.00 bits per heavy atom. The third-order valence-corrected chi connectivity index (χ3v) is 4.50. The number of para-hydroxylation sites is 1. The molecule has 0 bridgehead atoms. The molecular formula is C22H18N4O. The van der Waals surface area contributed by atoms with E-state index in [1.165, 1.54) is 0 Å². The molecule has 5 nitrogen and oxygen atoms in total. The number of nitrogens with one attached hydrogen (secondary N) is 1. The number of hydrogen-bond donors (Lipinski definition) is 1. The van der Waals surface area contributed by atoms with E-state index in [0.29, 0.717) is 5.56 Å². The van der Waals surface area contributed by atoms with E-state index in [4.69, 9.17) is 0 Å². The quantitative estimate of drug-likeness (QED) is 0.445. The van der Waals surface area contributed by atoms with Gasteiger partial charge in [0, 0.05) is 41.5 Å². The summed E-state index contributed by atoms with van der Waals surface area (Å²) in [4.78, 5) is 16.1. The van der Waals surface area contributed by atoms with Crippen LogP contribution < -0.4 is 5.43 Å². The van der Waals surface area contributed by atoms with Crippen molar-refractivity contribution in [2.45, 2.75) is 0 Å². The monoisotopic (exact) mass is 354 g/mol. The summed E-state index contributed by atoms with van der Waals surface area (Å²) in [5, 5.41) is 5.29. The molecule has 4 rings (SSSR count). The van der Waals surface area contributed by atoms with E-state index < -0.39 is 0 Å². The van der Waals surface area contributed by atoms with Crippen LogP contribution in [-0.4, -0.2) is 21.7 Å². The van der Waals surface area contributed by atoms with Crippen molar-refractivity contribution in [1.29, 1.82) is 0 Å². The second kappa shape index (κ2) is 7.25. The first-order valence-corrected chi connectivity index (χ1v) is 8.62. The molecule has 2 aromatic heterocycles. The smallest absolute Gasteiger partial charge is 0.271 e. The lowest BCUT2D eigenvalue weighted by Crippen LogP contribution is -2.17. The largest absolute Gasteiger partial charge is 0.343 e. The van der Waals surface area contributed by atoms with Gasteiger partial charge in [-0.2, -0.15) is 5.10 Å². The Kier molecular flexibility index (Phi) is 4.49. The van der Waals surface area contributed by atoms with Crippen molar-refractivity contribution in [2.24, 2.45) is 12.1 Å². The number of carbonyl (C=O) groups excluding carboxylic acids is 1. The molecular weight excluding hydrogens is 336 g/mol. The third-order valence-electron chi connectivity index (χ3n) is 4.50. The Hall–Kier alpha value is -3.73. The summed E-state index contributed by atoms with van der Waals surface area (Å²) in [5.74, 6) is -0.268. The van der Waals surface area contributed by atoms with E-state index in [1.807, 2.05) is 37.4 Å². The molecule has 2 heterocycles. The predicted molar refractivity (Wildman–Crippen MR) is 108 cm³/mol. The summed E-state index contributed by atoms with van der Waals surface area (Å²) in [6.45, 7) is 0. The number of amides is 1. The Bertz CT molecular complexity index is 1120. The number of carbonyl (C=O) groups is 1. The van der Waals surface area contributed by atoms with Crippen LogP contribution in [-0.2, 0) is 7.05 Å². The molecule has 4 aromatic rings. The second-order valence-electron chi connectivity index (χ2n) is 6.14. The number of benzene rings is 2. The number of aromatic nitrogens is 2. The van der Waals surface area contributed by atoms with E-state index in [1.54, 1.807) is 30.7 Å². The van der Waals surface area contributed by atoms with Gasteiger partial charge < -0.3 is 4.57 Å². The van der Waals surface area contributed by atoms with Crippen molar-refractivity contribution < 1.29 is 4.79 Å². The number of rotatable bonds is 4. The first kappa shape index (κ1) is 16.7. The van der Waals surface area contributed by atoms with E-state index in [-0.39, 0.29) is 5.91 Å². The molecule has 0 saturated heterocycles. The molecule has 0 aliphatic carbocycles. The number of fused-ring (bicyclic) bond motifs is 1. The maximum atomic E-state index is 12.2. The highest BCUT2D eigenvalue weighted by atomic mass is 16.2. The lowest BCUT2D eigenvalue weighted by molar-refractivity contribution is 0.0955. The van der Waals surface area contributed by atoms with Crippen LogP contribution in [0.2, 0.25) is 0 Å². The zero-order valence-electron chi connectivity index (χ0n) is 14.8. The van der Waals surface area contributed by atoms with Crippen molar-refractivity contribution in [1.82, 2.24) is 15.0 Å². The molecule has 2 aromatic carbocycles. The van der Waals surface area contributed by atoms with Gasteiger partial charge in [0.2, 0.25) is 0 Å². The summed E-state index contributed by atoms with van der Waals surface area (Å²) in [5.41, 5.74) is 7.34. The molecule has 0 spiro atoms. The van der Waals surface area contributed by atoms with Gasteiger partial charge in [0.05, 0.1) is 11.9 Å². The normalized spacial score (nSPS) is 11.1. The highest BCUT2D eigenvalue weighted by Gasteiger charge is 2.15. The van der Waals surface area contributed by atoms with Gasteiger partial charge in [0.15, 0.2) is 0 Å². The van der Waals surface area contributed by atoms with Crippen LogP contribution in [0.3, 0.4) is 0 Å². The third kappa shape index (κ3) is 3.22. The van der Waals surface area contributed by atoms with Gasteiger partial charge in [-0.25, -0.2) is 5.43 Å². The molecule has 0 radical (unpaired) electrons. The molecule has 1 amide bonds. The van der Waals surface area contributed by atoms with E-state index in [9.17, 15) is 4.79 Å². The van der Waals surface area contributed by atoms with Gasteiger partial charge in [-0.15, -0.1) is 0 Å². The second-order valence-corrected chi connectivity index (χ2v) is 6.14. The fourth-order valence-corrected chi connectivity index (χ4v) is 3.22. The molecule has 1 N–H and O–H groups in total. The van der Waals surface area contributed by atoms with Crippen LogP contribution >= 0.6 is 0 Å². The molecule has 27 heavy (non-hydrogen) atoms. The van der Waals surface area contributed by atoms with Crippen LogP contribution in [0, 0.1) is 0 Å². The van der Waals surface area contributed by atoms with Crippen molar-refractivity contribution in [2.75, 3.05) is 0 Å². The summed E-state index contributed by atoms with van der Waals surface area (Å²) >= 11 is 0. The molecule has 132 valence electrons. The van der Waals surface area contributed by atoms with Crippen molar-refractivity contribution in [3.63, 3.8) is 0 Å². The van der Waals surface area contributed by atoms with E-state index >= 15 is 0 Å². The van der Waals surface area contributed by atoms with E-state index in [2.05, 4.69) is 44.3 Å². The van der Waals surface area contributed by atoms with Gasteiger partial charge in [-0.05, 0) is 23.8 Å². The summed E-state index contributed by atoms with van der Waals surface area (Å²) in [6, 6.07) is 21.6. The summed E-state index contributed by atoms with van der Waals surface area (Å²) < 4.78 is 2.15. The van der Waals surface area contributed by atoms with Crippen LogP contribution in [0.5, 0.6) is 0 Å². The minimum absolute atomic E-state index is 0.268. The van der Waals surface area contributed by atoms with Gasteiger partial charge >= 0.3 is 0 Å². The first-order valence-electron chi connectivity index (χ1n) is 8.62. The number of pyridine rings is 1. The SMILES string of the molecule is Cn1c(-c2ccccc2)c(/C=N/NC(=O)c2ccncc2)c2ccccc21. The number of nitrogens with zero attached hydrogens (tertiary/aromatic N) is 3. The molecule has 0 aliphatic rings. The Morgan fingerprint density at radius 3 is 2.48 bits per heavy atom. The lowest BCUT2D eigenvalue weighted by Gasteiger charge is -2.06. The van der Waals surface area contributed by atoms with Gasteiger partial charge in [0.25, 0.3) is 5.91 Å². The van der Waals surface area contributed by atoms with Gasteiger partial charge in [-0.3, -0.25) is 9.78 Å². The minimum Gasteiger partial charge on any atom is -0.343 e. The zero-order chi connectivity index (χ0) is 18.6. The van der Waals surface area contributed by atoms with E-state index in [0.717, 1.165) is 27.7 Å². The Morgan fingerprint density at radius 2 is 1.70 bits per heavy atom. The van der Waals surface area contributed by atoms with Crippen LogP contribution in [0.4, 0.5) is 0 Å². The minimum atomic E-state index is -0.268. The average molecular weight is 354 g/mol. The maximum Gasteiger partial charge on any atom is 0.271 e. The van der Waals surface area contributed by atoms with Crippen LogP contribution in [0.25, 0.3) is 22.2 Å². The Balaban J connectivity index is 1.73.